The number of carbonyl (C=O) groups excluding carboxylic acids is 1. The zero-order valence-corrected chi connectivity index (χ0v) is 9.02. The molecule has 0 bridgehead atoms. The molecule has 0 aromatic heterocycles. The van der Waals surface area contributed by atoms with E-state index in [2.05, 4.69) is 20.8 Å². The molecule has 0 saturated carbocycles. The number of hydrogen-bond donors (Lipinski definition) is 0. The van der Waals surface area contributed by atoms with Crippen LogP contribution in [-0.4, -0.2) is 5.78 Å². The van der Waals surface area contributed by atoms with Crippen LogP contribution in [0.15, 0.2) is 11.6 Å². The predicted octanol–water partition coefficient (Wildman–Crippen LogP) is 3.49. The average molecular weight is 180 g/mol. The second-order valence-electron chi connectivity index (χ2n) is 5.18. The van der Waals surface area contributed by atoms with E-state index < -0.39 is 0 Å². The van der Waals surface area contributed by atoms with E-state index in [1.165, 1.54) is 12.0 Å². The SMILES string of the molecule is CC(C)(C)CCC1=CC(=O)CCC1. The van der Waals surface area contributed by atoms with Crippen LogP contribution < -0.4 is 0 Å². The number of hydrogen-bond acceptors (Lipinski definition) is 1. The molecule has 1 heteroatoms. The van der Waals surface area contributed by atoms with Gasteiger partial charge in [-0.15, -0.1) is 0 Å². The molecule has 13 heavy (non-hydrogen) atoms. The van der Waals surface area contributed by atoms with Crippen LogP contribution in [0, 0.1) is 5.41 Å². The summed E-state index contributed by atoms with van der Waals surface area (Å²) in [6.07, 6.45) is 7.13. The summed E-state index contributed by atoms with van der Waals surface area (Å²) in [5, 5.41) is 0. The van der Waals surface area contributed by atoms with Crippen LogP contribution in [0.2, 0.25) is 0 Å². The van der Waals surface area contributed by atoms with E-state index in [4.69, 9.17) is 0 Å². The lowest BCUT2D eigenvalue weighted by Gasteiger charge is -2.20. The van der Waals surface area contributed by atoms with E-state index in [0.717, 1.165) is 25.7 Å². The highest BCUT2D eigenvalue weighted by Gasteiger charge is 2.14. The predicted molar refractivity (Wildman–Crippen MR) is 55.6 cm³/mol. The van der Waals surface area contributed by atoms with Crippen molar-refractivity contribution in [2.45, 2.75) is 52.9 Å². The van der Waals surface area contributed by atoms with E-state index in [1.807, 2.05) is 6.08 Å². The second kappa shape index (κ2) is 4.08. The molecule has 1 rings (SSSR count). The maximum atomic E-state index is 11.1. The van der Waals surface area contributed by atoms with Gasteiger partial charge >= 0.3 is 0 Å². The Hall–Kier alpha value is -0.590. The summed E-state index contributed by atoms with van der Waals surface area (Å²) in [6.45, 7) is 6.74. The van der Waals surface area contributed by atoms with Gasteiger partial charge in [0, 0.05) is 6.42 Å². The van der Waals surface area contributed by atoms with Crippen molar-refractivity contribution in [2.24, 2.45) is 5.41 Å². The lowest BCUT2D eigenvalue weighted by atomic mass is 9.86. The number of rotatable bonds is 2. The van der Waals surface area contributed by atoms with E-state index in [-0.39, 0.29) is 0 Å². The van der Waals surface area contributed by atoms with Crippen molar-refractivity contribution in [3.8, 4) is 0 Å². The van der Waals surface area contributed by atoms with Crippen molar-refractivity contribution in [2.75, 3.05) is 0 Å². The van der Waals surface area contributed by atoms with E-state index >= 15 is 0 Å². The van der Waals surface area contributed by atoms with Gasteiger partial charge < -0.3 is 0 Å². The highest BCUT2D eigenvalue weighted by Crippen LogP contribution is 2.27. The summed E-state index contributed by atoms with van der Waals surface area (Å²) < 4.78 is 0. The Kier molecular flexibility index (Phi) is 3.29. The molecule has 0 aromatic carbocycles. The third-order valence-electron chi connectivity index (χ3n) is 2.48. The summed E-state index contributed by atoms with van der Waals surface area (Å²) in [5.74, 6) is 0.329. The molecule has 0 amide bonds. The van der Waals surface area contributed by atoms with Crippen LogP contribution in [0.1, 0.15) is 52.9 Å². The van der Waals surface area contributed by atoms with Gasteiger partial charge in [0.05, 0.1) is 0 Å². The topological polar surface area (TPSA) is 17.1 Å². The molecule has 1 aliphatic carbocycles. The third kappa shape index (κ3) is 4.25. The number of allylic oxidation sites excluding steroid dienone is 2. The lowest BCUT2D eigenvalue weighted by Crippen LogP contribution is -2.08. The van der Waals surface area contributed by atoms with E-state index in [9.17, 15) is 4.79 Å². The Labute approximate surface area is 81.2 Å². The van der Waals surface area contributed by atoms with Crippen LogP contribution in [0.3, 0.4) is 0 Å². The van der Waals surface area contributed by atoms with Crippen molar-refractivity contribution in [3.63, 3.8) is 0 Å². The van der Waals surface area contributed by atoms with Crippen molar-refractivity contribution < 1.29 is 4.79 Å². The molecule has 0 saturated heterocycles. The van der Waals surface area contributed by atoms with Crippen LogP contribution in [0.5, 0.6) is 0 Å². The fourth-order valence-electron chi connectivity index (χ4n) is 1.59. The molecule has 0 aliphatic heterocycles. The molecule has 0 spiro atoms. The van der Waals surface area contributed by atoms with Gasteiger partial charge in [-0.2, -0.15) is 0 Å². The zero-order chi connectivity index (χ0) is 9.90. The molecule has 1 aliphatic rings. The smallest absolute Gasteiger partial charge is 0.155 e. The first-order chi connectivity index (χ1) is 5.97. The standard InChI is InChI=1S/C12H20O/c1-12(2,3)8-7-10-5-4-6-11(13)9-10/h9H,4-8H2,1-3H3. The Bertz CT molecular complexity index is 218. The lowest BCUT2D eigenvalue weighted by molar-refractivity contribution is -0.115. The number of carbonyl (C=O) groups is 1. The summed E-state index contributed by atoms with van der Waals surface area (Å²) >= 11 is 0. The molecule has 0 N–H and O–H groups in total. The largest absolute Gasteiger partial charge is 0.295 e. The van der Waals surface area contributed by atoms with Crippen LogP contribution in [-0.2, 0) is 4.79 Å². The van der Waals surface area contributed by atoms with Crippen molar-refractivity contribution >= 4 is 5.78 Å². The van der Waals surface area contributed by atoms with Crippen molar-refractivity contribution in [1.82, 2.24) is 0 Å². The van der Waals surface area contributed by atoms with Gasteiger partial charge in [-0.1, -0.05) is 26.3 Å². The van der Waals surface area contributed by atoms with Crippen LogP contribution in [0.4, 0.5) is 0 Å². The quantitative estimate of drug-likeness (QED) is 0.635. The minimum Gasteiger partial charge on any atom is -0.295 e. The summed E-state index contributed by atoms with van der Waals surface area (Å²) in [6, 6.07) is 0. The van der Waals surface area contributed by atoms with Gasteiger partial charge in [-0.25, -0.2) is 0 Å². The minimum absolute atomic E-state index is 0.329. The molecule has 0 aromatic rings. The molecule has 0 heterocycles. The molecule has 74 valence electrons. The van der Waals surface area contributed by atoms with Crippen LogP contribution in [0.25, 0.3) is 0 Å². The normalized spacial score (nSPS) is 18.7. The maximum absolute atomic E-state index is 11.1. The maximum Gasteiger partial charge on any atom is 0.155 e. The Morgan fingerprint density at radius 3 is 2.54 bits per heavy atom. The van der Waals surface area contributed by atoms with Crippen molar-refractivity contribution in [1.29, 1.82) is 0 Å². The fourth-order valence-corrected chi connectivity index (χ4v) is 1.59. The second-order valence-corrected chi connectivity index (χ2v) is 5.18. The van der Waals surface area contributed by atoms with E-state index in [1.54, 1.807) is 0 Å². The van der Waals surface area contributed by atoms with Gasteiger partial charge in [0.15, 0.2) is 5.78 Å². The minimum atomic E-state index is 0.329. The summed E-state index contributed by atoms with van der Waals surface area (Å²) in [7, 11) is 0. The average Bonchev–Trinajstić information content (AvgIpc) is 2.00. The Morgan fingerprint density at radius 1 is 1.31 bits per heavy atom. The van der Waals surface area contributed by atoms with Gasteiger partial charge in [0.2, 0.25) is 0 Å². The highest BCUT2D eigenvalue weighted by molar-refractivity contribution is 5.91. The van der Waals surface area contributed by atoms with Gasteiger partial charge in [-0.05, 0) is 37.2 Å². The molecular formula is C12H20O. The highest BCUT2D eigenvalue weighted by atomic mass is 16.1. The van der Waals surface area contributed by atoms with Crippen molar-refractivity contribution in [3.05, 3.63) is 11.6 Å². The summed E-state index contributed by atoms with van der Waals surface area (Å²) in [4.78, 5) is 11.1. The molecule has 0 fully saturated rings. The molecular weight excluding hydrogens is 160 g/mol. The van der Waals surface area contributed by atoms with Crippen LogP contribution >= 0.6 is 0 Å². The van der Waals surface area contributed by atoms with Gasteiger partial charge in [-0.3, -0.25) is 4.79 Å². The molecule has 0 atom stereocenters. The van der Waals surface area contributed by atoms with Gasteiger partial charge in [0.1, 0.15) is 0 Å². The molecule has 0 unspecified atom stereocenters. The Morgan fingerprint density at radius 2 is 2.00 bits per heavy atom. The summed E-state index contributed by atoms with van der Waals surface area (Å²) in [5.41, 5.74) is 1.76. The fraction of sp³-hybridized carbons (Fsp3) is 0.750. The molecule has 0 radical (unpaired) electrons. The first-order valence-corrected chi connectivity index (χ1v) is 5.20. The number of ketones is 1. The molecule has 1 nitrogen and oxygen atoms in total. The third-order valence-corrected chi connectivity index (χ3v) is 2.48. The first-order valence-electron chi connectivity index (χ1n) is 5.20. The Balaban J connectivity index is 2.41. The van der Waals surface area contributed by atoms with Gasteiger partial charge in [0.25, 0.3) is 0 Å². The zero-order valence-electron chi connectivity index (χ0n) is 9.02. The monoisotopic (exact) mass is 180 g/mol. The first kappa shape index (κ1) is 10.5. The van der Waals surface area contributed by atoms with E-state index in [0.29, 0.717) is 11.2 Å².